The fraction of sp³-hybridized carbons (Fsp3) is 1.00. The molecule has 1 fully saturated rings. The summed E-state index contributed by atoms with van der Waals surface area (Å²) < 4.78 is 21.3. The minimum Gasteiger partial charge on any atom is -0.328 e. The molecule has 1 saturated carbocycles. The van der Waals surface area contributed by atoms with E-state index in [1.54, 1.807) is 0 Å². The summed E-state index contributed by atoms with van der Waals surface area (Å²) in [5.74, 6) is 0.292. The zero-order valence-electron chi connectivity index (χ0n) is 6.77. The molecule has 2 unspecified atom stereocenters. The van der Waals surface area contributed by atoms with Crippen LogP contribution in [0.4, 0.5) is 0 Å². The molecule has 1 rings (SSSR count). The van der Waals surface area contributed by atoms with E-state index in [9.17, 15) is 8.42 Å². The number of hydrogen-bond acceptors (Lipinski definition) is 3. The Morgan fingerprint density at radius 2 is 1.92 bits per heavy atom. The molecular weight excluding hydrogens is 200 g/mol. The third-order valence-electron chi connectivity index (χ3n) is 2.05. The van der Waals surface area contributed by atoms with Crippen molar-refractivity contribution in [1.29, 1.82) is 0 Å². The molecule has 6 heteroatoms. The zero-order chi connectivity index (χ0) is 8.48. The third kappa shape index (κ3) is 4.25. The quantitative estimate of drug-likeness (QED) is 0.669. The Balaban J connectivity index is 0.00000121. The highest BCUT2D eigenvalue weighted by Crippen LogP contribution is 2.24. The molecule has 0 spiro atoms. The van der Waals surface area contributed by atoms with Gasteiger partial charge in [0, 0.05) is 6.04 Å². The number of nitrogens with two attached hydrogens (primary N) is 2. The van der Waals surface area contributed by atoms with Gasteiger partial charge in [0.2, 0.25) is 10.0 Å². The second-order valence-corrected chi connectivity index (χ2v) is 4.93. The predicted molar refractivity (Wildman–Crippen MR) is 50.5 cm³/mol. The van der Waals surface area contributed by atoms with Crippen molar-refractivity contribution in [3.63, 3.8) is 0 Å². The molecule has 0 saturated heterocycles. The lowest BCUT2D eigenvalue weighted by atomic mass is 10.1. The standard InChI is InChI=1S/C6H14N2O2S.ClH/c7-6-2-1-5(3-6)4-11(8,9)10;/h5-6H,1-4,7H2,(H2,8,9,10);1H. The minimum absolute atomic E-state index is 0. The lowest BCUT2D eigenvalue weighted by Gasteiger charge is -2.05. The van der Waals surface area contributed by atoms with Gasteiger partial charge in [-0.1, -0.05) is 0 Å². The van der Waals surface area contributed by atoms with Crippen LogP contribution in [0.5, 0.6) is 0 Å². The van der Waals surface area contributed by atoms with Gasteiger partial charge in [-0.25, -0.2) is 13.6 Å². The average Bonchev–Trinajstić information content (AvgIpc) is 2.10. The highest BCUT2D eigenvalue weighted by atomic mass is 35.5. The van der Waals surface area contributed by atoms with Crippen LogP contribution < -0.4 is 10.9 Å². The molecule has 0 heterocycles. The molecule has 0 bridgehead atoms. The number of primary sulfonamides is 1. The lowest BCUT2D eigenvalue weighted by molar-refractivity contribution is 0.554. The van der Waals surface area contributed by atoms with Crippen LogP contribution in [0, 0.1) is 5.92 Å². The predicted octanol–water partition coefficient (Wildman–Crippen LogP) is -0.176. The smallest absolute Gasteiger partial charge is 0.209 e. The van der Waals surface area contributed by atoms with Gasteiger partial charge in [0.05, 0.1) is 5.75 Å². The van der Waals surface area contributed by atoms with Crippen molar-refractivity contribution in [2.24, 2.45) is 16.8 Å². The second kappa shape index (κ2) is 4.41. The maximum atomic E-state index is 10.6. The maximum Gasteiger partial charge on any atom is 0.209 e. The number of sulfonamides is 1. The van der Waals surface area contributed by atoms with E-state index >= 15 is 0 Å². The molecule has 0 aromatic heterocycles. The summed E-state index contributed by atoms with van der Waals surface area (Å²) in [6, 6.07) is 0.182. The van der Waals surface area contributed by atoms with Crippen molar-refractivity contribution < 1.29 is 8.42 Å². The first-order valence-corrected chi connectivity index (χ1v) is 5.45. The molecule has 4 nitrogen and oxygen atoms in total. The van der Waals surface area contributed by atoms with Gasteiger partial charge in [0.15, 0.2) is 0 Å². The van der Waals surface area contributed by atoms with Gasteiger partial charge in [-0.15, -0.1) is 12.4 Å². The molecule has 0 aromatic carbocycles. The third-order valence-corrected chi connectivity index (χ3v) is 2.99. The lowest BCUT2D eigenvalue weighted by Crippen LogP contribution is -2.23. The maximum absolute atomic E-state index is 10.6. The number of hydrogen-bond donors (Lipinski definition) is 2. The Kier molecular flexibility index (Phi) is 4.47. The summed E-state index contributed by atoms with van der Waals surface area (Å²) >= 11 is 0. The van der Waals surface area contributed by atoms with Crippen LogP contribution in [0.3, 0.4) is 0 Å². The molecule has 1 aliphatic carbocycles. The minimum atomic E-state index is -3.29. The molecule has 1 aliphatic rings. The highest BCUT2D eigenvalue weighted by Gasteiger charge is 2.24. The number of rotatable bonds is 2. The Hall–Kier alpha value is 0.160. The first kappa shape index (κ1) is 12.2. The van der Waals surface area contributed by atoms with Gasteiger partial charge < -0.3 is 5.73 Å². The molecule has 0 amide bonds. The van der Waals surface area contributed by atoms with Crippen LogP contribution in [-0.4, -0.2) is 20.2 Å². The van der Waals surface area contributed by atoms with Gasteiger partial charge in [-0.05, 0) is 25.2 Å². The fourth-order valence-electron chi connectivity index (χ4n) is 1.59. The van der Waals surface area contributed by atoms with Gasteiger partial charge in [0.25, 0.3) is 0 Å². The van der Waals surface area contributed by atoms with Crippen molar-refractivity contribution >= 4 is 22.4 Å². The van der Waals surface area contributed by atoms with Crippen LogP contribution in [-0.2, 0) is 10.0 Å². The van der Waals surface area contributed by atoms with Gasteiger partial charge in [0.1, 0.15) is 0 Å². The molecule has 4 N–H and O–H groups in total. The van der Waals surface area contributed by atoms with Crippen LogP contribution in [0.15, 0.2) is 0 Å². The van der Waals surface area contributed by atoms with Crippen LogP contribution in [0.25, 0.3) is 0 Å². The Morgan fingerprint density at radius 3 is 2.25 bits per heavy atom. The molecule has 12 heavy (non-hydrogen) atoms. The summed E-state index contributed by atoms with van der Waals surface area (Å²) in [5.41, 5.74) is 5.61. The Bertz CT molecular complexity index is 230. The van der Waals surface area contributed by atoms with Crippen LogP contribution >= 0.6 is 12.4 Å². The summed E-state index contributed by atoms with van der Waals surface area (Å²) in [4.78, 5) is 0. The van der Waals surface area contributed by atoms with Crippen molar-refractivity contribution in [2.75, 3.05) is 5.75 Å². The molecule has 0 aromatic rings. The normalized spacial score (nSPS) is 29.8. The van der Waals surface area contributed by atoms with Crippen LogP contribution in [0.2, 0.25) is 0 Å². The van der Waals surface area contributed by atoms with E-state index in [1.807, 2.05) is 0 Å². The van der Waals surface area contributed by atoms with Crippen molar-refractivity contribution in [1.82, 2.24) is 0 Å². The first-order valence-electron chi connectivity index (χ1n) is 3.73. The molecule has 0 aliphatic heterocycles. The van der Waals surface area contributed by atoms with Crippen molar-refractivity contribution in [3.05, 3.63) is 0 Å². The largest absolute Gasteiger partial charge is 0.328 e. The monoisotopic (exact) mass is 214 g/mol. The molecule has 74 valence electrons. The van der Waals surface area contributed by atoms with Gasteiger partial charge >= 0.3 is 0 Å². The molecular formula is C6H15ClN2O2S. The van der Waals surface area contributed by atoms with E-state index < -0.39 is 10.0 Å². The van der Waals surface area contributed by atoms with E-state index in [2.05, 4.69) is 0 Å². The SMILES string of the molecule is Cl.NC1CCC(CS(N)(=O)=O)C1. The van der Waals surface area contributed by atoms with Crippen LogP contribution in [0.1, 0.15) is 19.3 Å². The zero-order valence-corrected chi connectivity index (χ0v) is 8.40. The molecule has 2 atom stereocenters. The summed E-state index contributed by atoms with van der Waals surface area (Å²) in [5, 5.41) is 4.89. The topological polar surface area (TPSA) is 86.2 Å². The van der Waals surface area contributed by atoms with E-state index in [0.717, 1.165) is 19.3 Å². The summed E-state index contributed by atoms with van der Waals surface area (Å²) in [6.07, 6.45) is 2.63. The van der Waals surface area contributed by atoms with Crippen molar-refractivity contribution in [2.45, 2.75) is 25.3 Å². The average molecular weight is 215 g/mol. The highest BCUT2D eigenvalue weighted by molar-refractivity contribution is 7.89. The van der Waals surface area contributed by atoms with Gasteiger partial charge in [-0.2, -0.15) is 0 Å². The van der Waals surface area contributed by atoms with Gasteiger partial charge in [-0.3, -0.25) is 0 Å². The molecule has 0 radical (unpaired) electrons. The first-order chi connectivity index (χ1) is 4.97. The second-order valence-electron chi connectivity index (χ2n) is 3.27. The number of halogens is 1. The van der Waals surface area contributed by atoms with E-state index in [0.29, 0.717) is 0 Å². The van der Waals surface area contributed by atoms with E-state index in [1.165, 1.54) is 0 Å². The Labute approximate surface area is 79.2 Å². The fourth-order valence-corrected chi connectivity index (χ4v) is 2.55. The summed E-state index contributed by atoms with van der Waals surface area (Å²) in [6.45, 7) is 0. The van der Waals surface area contributed by atoms with Crippen molar-refractivity contribution in [3.8, 4) is 0 Å². The van der Waals surface area contributed by atoms with E-state index in [-0.39, 0.29) is 30.1 Å². The Morgan fingerprint density at radius 1 is 1.33 bits per heavy atom. The summed E-state index contributed by atoms with van der Waals surface area (Å²) in [7, 11) is -3.29. The van der Waals surface area contributed by atoms with E-state index in [4.69, 9.17) is 10.9 Å².